The van der Waals surface area contributed by atoms with Gasteiger partial charge in [-0.1, -0.05) is 0 Å². The lowest BCUT2D eigenvalue weighted by molar-refractivity contribution is -0.153. The maximum Gasteiger partial charge on any atom is 0.335 e. The number of imidazole rings is 1. The normalized spacial score (nSPS) is 14.7. The van der Waals surface area contributed by atoms with E-state index in [9.17, 15) is 15.0 Å². The maximum absolute atomic E-state index is 10.5. The highest BCUT2D eigenvalue weighted by molar-refractivity contribution is 5.79. The molecule has 0 amide bonds. The molecule has 0 aliphatic heterocycles. The first-order chi connectivity index (χ1) is 7.99. The first-order valence-electron chi connectivity index (χ1n) is 4.83. The van der Waals surface area contributed by atoms with E-state index in [2.05, 4.69) is 9.97 Å². The molecule has 2 unspecified atom stereocenters. The number of rotatable bonds is 3. The predicted molar refractivity (Wildman–Crippen MR) is 59.1 cm³/mol. The summed E-state index contributed by atoms with van der Waals surface area (Å²) in [7, 11) is 0. The van der Waals surface area contributed by atoms with Crippen LogP contribution in [0.3, 0.4) is 0 Å². The van der Waals surface area contributed by atoms with E-state index in [1.807, 2.05) is 0 Å². The Balaban J connectivity index is 2.39. The summed E-state index contributed by atoms with van der Waals surface area (Å²) in [4.78, 5) is 17.2. The van der Waals surface area contributed by atoms with Crippen molar-refractivity contribution in [3.63, 3.8) is 0 Å². The number of fused-ring (bicyclic) bond motifs is 1. The number of H-pyrrole nitrogens is 1. The maximum atomic E-state index is 10.5. The van der Waals surface area contributed by atoms with Gasteiger partial charge in [0.15, 0.2) is 6.10 Å². The first kappa shape index (κ1) is 11.4. The van der Waals surface area contributed by atoms with Crippen molar-refractivity contribution in [3.8, 4) is 0 Å². The number of nitrogen functional groups attached to an aromatic ring is 1. The van der Waals surface area contributed by atoms with Crippen LogP contribution >= 0.6 is 0 Å². The summed E-state index contributed by atoms with van der Waals surface area (Å²) < 4.78 is 0. The number of aliphatic carboxylic acids is 1. The van der Waals surface area contributed by atoms with E-state index in [-0.39, 0.29) is 5.82 Å². The summed E-state index contributed by atoms with van der Waals surface area (Å²) in [5.74, 6) is -1.53. The lowest BCUT2D eigenvalue weighted by Crippen LogP contribution is -2.28. The van der Waals surface area contributed by atoms with Crippen LogP contribution < -0.4 is 5.73 Å². The Morgan fingerprint density at radius 2 is 2.12 bits per heavy atom. The van der Waals surface area contributed by atoms with Crippen molar-refractivity contribution >= 4 is 22.7 Å². The molecule has 1 aromatic carbocycles. The number of hydrogen-bond acceptors (Lipinski definition) is 5. The lowest BCUT2D eigenvalue weighted by Gasteiger charge is -2.10. The highest BCUT2D eigenvalue weighted by Crippen LogP contribution is 2.20. The van der Waals surface area contributed by atoms with Crippen LogP contribution in [0.25, 0.3) is 11.0 Å². The second-order valence-electron chi connectivity index (χ2n) is 3.63. The summed E-state index contributed by atoms with van der Waals surface area (Å²) in [6.07, 6.45) is -3.53. The third-order valence-corrected chi connectivity index (χ3v) is 2.36. The van der Waals surface area contributed by atoms with Gasteiger partial charge in [0.1, 0.15) is 11.9 Å². The number of nitrogens with two attached hydrogens (primary N) is 1. The molecule has 90 valence electrons. The lowest BCUT2D eigenvalue weighted by atomic mass is 10.2. The summed E-state index contributed by atoms with van der Waals surface area (Å²) in [6, 6.07) is 4.86. The fraction of sp³-hybridized carbons (Fsp3) is 0.200. The average molecular weight is 237 g/mol. The quantitative estimate of drug-likeness (QED) is 0.462. The average Bonchev–Trinajstić information content (AvgIpc) is 2.69. The minimum Gasteiger partial charge on any atom is -0.479 e. The minimum atomic E-state index is -1.92. The van der Waals surface area contributed by atoms with Gasteiger partial charge in [0.25, 0.3) is 0 Å². The van der Waals surface area contributed by atoms with Crippen molar-refractivity contribution in [1.29, 1.82) is 0 Å². The molecule has 7 nitrogen and oxygen atoms in total. The number of nitrogens with zero attached hydrogens (tertiary/aromatic N) is 1. The Hall–Kier alpha value is -2.12. The van der Waals surface area contributed by atoms with Gasteiger partial charge in [-0.2, -0.15) is 0 Å². The monoisotopic (exact) mass is 237 g/mol. The largest absolute Gasteiger partial charge is 0.479 e. The molecule has 1 aromatic heterocycles. The van der Waals surface area contributed by atoms with E-state index in [1.165, 1.54) is 0 Å². The Labute approximate surface area is 95.5 Å². The Bertz CT molecular complexity index is 566. The number of carboxylic acid groups (broad SMARTS) is 1. The molecule has 2 atom stereocenters. The van der Waals surface area contributed by atoms with E-state index >= 15 is 0 Å². The van der Waals surface area contributed by atoms with Crippen LogP contribution in [-0.2, 0) is 4.79 Å². The van der Waals surface area contributed by atoms with Gasteiger partial charge >= 0.3 is 5.97 Å². The molecular formula is C10H11N3O4. The van der Waals surface area contributed by atoms with Crippen LogP contribution in [0.5, 0.6) is 0 Å². The number of aromatic amines is 1. The Morgan fingerprint density at radius 3 is 2.76 bits per heavy atom. The van der Waals surface area contributed by atoms with E-state index in [4.69, 9.17) is 10.8 Å². The fourth-order valence-corrected chi connectivity index (χ4v) is 1.47. The number of benzene rings is 1. The number of carboxylic acids is 1. The summed E-state index contributed by atoms with van der Waals surface area (Å²) >= 11 is 0. The molecular weight excluding hydrogens is 226 g/mol. The van der Waals surface area contributed by atoms with Gasteiger partial charge in [-0.25, -0.2) is 9.78 Å². The van der Waals surface area contributed by atoms with E-state index in [0.29, 0.717) is 16.7 Å². The highest BCUT2D eigenvalue weighted by atomic mass is 16.4. The second-order valence-corrected chi connectivity index (χ2v) is 3.63. The van der Waals surface area contributed by atoms with Crippen LogP contribution in [0.2, 0.25) is 0 Å². The van der Waals surface area contributed by atoms with E-state index in [1.54, 1.807) is 18.2 Å². The van der Waals surface area contributed by atoms with Crippen molar-refractivity contribution in [1.82, 2.24) is 9.97 Å². The van der Waals surface area contributed by atoms with Crippen molar-refractivity contribution in [2.75, 3.05) is 5.73 Å². The molecule has 0 radical (unpaired) electrons. The first-order valence-corrected chi connectivity index (χ1v) is 4.83. The number of carbonyl (C=O) groups is 1. The van der Waals surface area contributed by atoms with Gasteiger partial charge in [-0.05, 0) is 18.2 Å². The number of aromatic nitrogens is 2. The van der Waals surface area contributed by atoms with Crippen LogP contribution in [0.15, 0.2) is 18.2 Å². The standard InChI is InChI=1S/C10H11N3O4/c11-4-1-2-5-6(3-4)13-9(12-5)7(14)8(15)10(16)17/h1-3,7-8,14-15H,11H2,(H,12,13)(H,16,17). The van der Waals surface area contributed by atoms with Crippen molar-refractivity contribution in [2.45, 2.75) is 12.2 Å². The molecule has 2 aromatic rings. The van der Waals surface area contributed by atoms with Gasteiger partial charge in [0, 0.05) is 5.69 Å². The summed E-state index contributed by atoms with van der Waals surface area (Å²) in [5.41, 5.74) is 7.18. The molecule has 17 heavy (non-hydrogen) atoms. The Morgan fingerprint density at radius 1 is 1.41 bits per heavy atom. The van der Waals surface area contributed by atoms with Gasteiger partial charge in [0.05, 0.1) is 11.0 Å². The molecule has 0 aliphatic rings. The molecule has 2 rings (SSSR count). The molecule has 0 aliphatic carbocycles. The molecule has 7 heteroatoms. The second kappa shape index (κ2) is 4.04. The van der Waals surface area contributed by atoms with E-state index in [0.717, 1.165) is 0 Å². The van der Waals surface area contributed by atoms with Gasteiger partial charge in [-0.3, -0.25) is 0 Å². The van der Waals surface area contributed by atoms with Gasteiger partial charge in [-0.15, -0.1) is 0 Å². The van der Waals surface area contributed by atoms with Crippen LogP contribution in [-0.4, -0.2) is 37.4 Å². The molecule has 0 saturated carbocycles. The Kier molecular flexibility index (Phi) is 2.70. The topological polar surface area (TPSA) is 132 Å². The summed E-state index contributed by atoms with van der Waals surface area (Å²) in [6.45, 7) is 0. The number of aliphatic hydroxyl groups excluding tert-OH is 2. The zero-order valence-electron chi connectivity index (χ0n) is 8.66. The number of nitrogens with one attached hydrogen (secondary N) is 1. The molecule has 0 bridgehead atoms. The number of anilines is 1. The third kappa shape index (κ3) is 2.05. The molecule has 0 fully saturated rings. The van der Waals surface area contributed by atoms with Crippen LogP contribution in [0.1, 0.15) is 11.9 Å². The van der Waals surface area contributed by atoms with Crippen molar-refractivity contribution in [3.05, 3.63) is 24.0 Å². The zero-order valence-corrected chi connectivity index (χ0v) is 8.66. The van der Waals surface area contributed by atoms with Crippen LogP contribution in [0, 0.1) is 0 Å². The number of hydrogen-bond donors (Lipinski definition) is 5. The molecule has 1 heterocycles. The van der Waals surface area contributed by atoms with Gasteiger partial charge in [0.2, 0.25) is 0 Å². The SMILES string of the molecule is Nc1ccc2nc(C(O)C(O)C(=O)O)[nH]c2c1. The smallest absolute Gasteiger partial charge is 0.335 e. The van der Waals surface area contributed by atoms with Gasteiger partial charge < -0.3 is 26.0 Å². The molecule has 6 N–H and O–H groups in total. The number of aliphatic hydroxyl groups is 2. The fourth-order valence-electron chi connectivity index (χ4n) is 1.47. The highest BCUT2D eigenvalue weighted by Gasteiger charge is 2.27. The van der Waals surface area contributed by atoms with E-state index < -0.39 is 18.2 Å². The predicted octanol–water partition coefficient (Wildman–Crippen LogP) is -0.376. The third-order valence-electron chi connectivity index (χ3n) is 2.36. The van der Waals surface area contributed by atoms with Crippen LogP contribution in [0.4, 0.5) is 5.69 Å². The zero-order chi connectivity index (χ0) is 12.6. The minimum absolute atomic E-state index is 0.0134. The van der Waals surface area contributed by atoms with Crippen molar-refractivity contribution < 1.29 is 20.1 Å². The molecule has 0 saturated heterocycles. The molecule has 0 spiro atoms. The summed E-state index contributed by atoms with van der Waals surface area (Å²) in [5, 5.41) is 27.3. The van der Waals surface area contributed by atoms with Crippen molar-refractivity contribution in [2.24, 2.45) is 0 Å².